The Morgan fingerprint density at radius 2 is 1.79 bits per heavy atom. The van der Waals surface area contributed by atoms with Crippen LogP contribution in [0.5, 0.6) is 0 Å². The van der Waals surface area contributed by atoms with E-state index >= 15 is 0 Å². The quantitative estimate of drug-likeness (QED) is 0.740. The highest BCUT2D eigenvalue weighted by Gasteiger charge is 2.34. The third kappa shape index (κ3) is 4.74. The molecule has 1 atom stereocenters. The summed E-state index contributed by atoms with van der Waals surface area (Å²) >= 11 is 5.86. The second-order valence-electron chi connectivity index (χ2n) is 7.34. The van der Waals surface area contributed by atoms with Gasteiger partial charge >= 0.3 is 0 Å². The molecule has 1 aliphatic heterocycles. The Hall–Kier alpha value is -1.89. The molecule has 2 aromatic rings. The summed E-state index contributed by atoms with van der Waals surface area (Å²) in [5.74, 6) is -0.345. The number of nitrogens with zero attached hydrogens (tertiary/aromatic N) is 2. The van der Waals surface area contributed by atoms with Gasteiger partial charge in [-0.3, -0.25) is 4.79 Å². The summed E-state index contributed by atoms with van der Waals surface area (Å²) in [4.78, 5) is 14.8. The molecule has 1 aliphatic rings. The van der Waals surface area contributed by atoms with Crippen molar-refractivity contribution in [1.82, 2.24) is 9.21 Å². The fourth-order valence-electron chi connectivity index (χ4n) is 3.47. The molecule has 1 heterocycles. The highest BCUT2D eigenvalue weighted by atomic mass is 35.5. The topological polar surface area (TPSA) is 57.7 Å². The molecular weight excluding hydrogens is 396 g/mol. The van der Waals surface area contributed by atoms with Crippen molar-refractivity contribution >= 4 is 27.5 Å². The Balaban J connectivity index is 1.68. The summed E-state index contributed by atoms with van der Waals surface area (Å²) in [6, 6.07) is 14.2. The van der Waals surface area contributed by atoms with Gasteiger partial charge in [0.2, 0.25) is 15.9 Å². The molecule has 0 saturated carbocycles. The molecule has 0 unspecified atom stereocenters. The van der Waals surface area contributed by atoms with Crippen molar-refractivity contribution in [2.24, 2.45) is 5.92 Å². The van der Waals surface area contributed by atoms with Crippen LogP contribution in [0.2, 0.25) is 5.02 Å². The third-order valence-electron chi connectivity index (χ3n) is 5.10. The van der Waals surface area contributed by atoms with Crippen LogP contribution in [0.4, 0.5) is 0 Å². The van der Waals surface area contributed by atoms with Crippen LogP contribution in [-0.2, 0) is 21.4 Å². The van der Waals surface area contributed by atoms with Gasteiger partial charge in [0.25, 0.3) is 0 Å². The van der Waals surface area contributed by atoms with Crippen molar-refractivity contribution in [1.29, 1.82) is 0 Å². The van der Waals surface area contributed by atoms with Gasteiger partial charge in [-0.15, -0.1) is 0 Å². The molecule has 28 heavy (non-hydrogen) atoms. The Kier molecular flexibility index (Phi) is 6.43. The van der Waals surface area contributed by atoms with Gasteiger partial charge in [0.1, 0.15) is 0 Å². The number of aryl methyl sites for hydroxylation is 1. The average molecular weight is 421 g/mol. The standard InChI is InChI=1S/C21H25ClN2O3S/c1-16-5-7-17(8-6-16)14-23(2)21(25)18-4-3-13-24(15-18)28(26,27)20-11-9-19(22)10-12-20/h5-12,18H,3-4,13-15H2,1-2H3/t18-/m1/s1. The van der Waals surface area contributed by atoms with E-state index in [0.717, 1.165) is 5.56 Å². The molecular formula is C21H25ClN2O3S. The normalized spacial score (nSPS) is 18.0. The van der Waals surface area contributed by atoms with Gasteiger partial charge in [-0.1, -0.05) is 41.4 Å². The first-order valence-electron chi connectivity index (χ1n) is 9.33. The molecule has 3 rings (SSSR count). The first-order valence-corrected chi connectivity index (χ1v) is 11.2. The van der Waals surface area contributed by atoms with Crippen molar-refractivity contribution in [3.63, 3.8) is 0 Å². The molecule has 0 radical (unpaired) electrons. The van der Waals surface area contributed by atoms with Gasteiger partial charge in [-0.2, -0.15) is 4.31 Å². The van der Waals surface area contributed by atoms with Gasteiger partial charge in [-0.25, -0.2) is 8.42 Å². The molecule has 0 aromatic heterocycles. The minimum absolute atomic E-state index is 0.0171. The van der Waals surface area contributed by atoms with Gasteiger partial charge in [0, 0.05) is 31.7 Å². The molecule has 0 N–H and O–H groups in total. The number of carbonyl (C=O) groups is 1. The van der Waals surface area contributed by atoms with E-state index in [0.29, 0.717) is 31.0 Å². The highest BCUT2D eigenvalue weighted by Crippen LogP contribution is 2.26. The molecule has 2 aromatic carbocycles. The Morgan fingerprint density at radius 3 is 2.43 bits per heavy atom. The van der Waals surface area contributed by atoms with Crippen LogP contribution < -0.4 is 0 Å². The Labute approximate surface area is 172 Å². The van der Waals surface area contributed by atoms with Crippen LogP contribution in [0.1, 0.15) is 24.0 Å². The maximum Gasteiger partial charge on any atom is 0.243 e. The smallest absolute Gasteiger partial charge is 0.243 e. The zero-order chi connectivity index (χ0) is 20.3. The summed E-state index contributed by atoms with van der Waals surface area (Å²) in [6.45, 7) is 3.17. The van der Waals surface area contributed by atoms with Crippen molar-refractivity contribution in [2.45, 2.75) is 31.2 Å². The lowest BCUT2D eigenvalue weighted by Crippen LogP contribution is -2.45. The summed E-state index contributed by atoms with van der Waals surface area (Å²) < 4.78 is 27.3. The highest BCUT2D eigenvalue weighted by molar-refractivity contribution is 7.89. The predicted molar refractivity (Wildman–Crippen MR) is 111 cm³/mol. The van der Waals surface area contributed by atoms with Gasteiger partial charge in [-0.05, 0) is 49.6 Å². The number of carbonyl (C=O) groups excluding carboxylic acids is 1. The first-order chi connectivity index (χ1) is 13.3. The maximum atomic E-state index is 12.9. The summed E-state index contributed by atoms with van der Waals surface area (Å²) in [7, 11) is -1.86. The lowest BCUT2D eigenvalue weighted by Gasteiger charge is -2.33. The fourth-order valence-corrected chi connectivity index (χ4v) is 5.12. The third-order valence-corrected chi connectivity index (χ3v) is 7.23. The summed E-state index contributed by atoms with van der Waals surface area (Å²) in [6.07, 6.45) is 1.37. The van der Waals surface area contributed by atoms with E-state index in [1.807, 2.05) is 31.2 Å². The van der Waals surface area contributed by atoms with Crippen LogP contribution >= 0.6 is 11.6 Å². The number of benzene rings is 2. The van der Waals surface area contributed by atoms with E-state index in [9.17, 15) is 13.2 Å². The van der Waals surface area contributed by atoms with Crippen LogP contribution in [0.15, 0.2) is 53.4 Å². The number of hydrogen-bond donors (Lipinski definition) is 0. The van der Waals surface area contributed by atoms with Gasteiger partial charge in [0.15, 0.2) is 0 Å². The molecule has 0 bridgehead atoms. The lowest BCUT2D eigenvalue weighted by molar-refractivity contribution is -0.135. The van der Waals surface area contributed by atoms with Crippen LogP contribution in [0.3, 0.4) is 0 Å². The molecule has 1 fully saturated rings. The van der Waals surface area contributed by atoms with Crippen molar-refractivity contribution in [2.75, 3.05) is 20.1 Å². The average Bonchev–Trinajstić information content (AvgIpc) is 2.69. The predicted octanol–water partition coefficient (Wildman–Crippen LogP) is 3.71. The number of halogens is 1. The number of sulfonamides is 1. The molecule has 1 amide bonds. The van der Waals surface area contributed by atoms with Crippen molar-refractivity contribution < 1.29 is 13.2 Å². The Bertz CT molecular complexity index is 927. The zero-order valence-electron chi connectivity index (χ0n) is 16.1. The molecule has 7 heteroatoms. The summed E-state index contributed by atoms with van der Waals surface area (Å²) in [5.41, 5.74) is 2.23. The first kappa shape index (κ1) is 20.8. The minimum atomic E-state index is -3.63. The van der Waals surface area contributed by atoms with Gasteiger partial charge < -0.3 is 4.90 Å². The molecule has 1 saturated heterocycles. The van der Waals surface area contributed by atoms with E-state index in [4.69, 9.17) is 11.6 Å². The van der Waals surface area contributed by atoms with E-state index in [-0.39, 0.29) is 23.3 Å². The number of hydrogen-bond acceptors (Lipinski definition) is 3. The SMILES string of the molecule is Cc1ccc(CN(C)C(=O)[C@@H]2CCCN(S(=O)(=O)c3ccc(Cl)cc3)C2)cc1. The lowest BCUT2D eigenvalue weighted by atomic mass is 9.98. The van der Waals surface area contributed by atoms with Gasteiger partial charge in [0.05, 0.1) is 10.8 Å². The van der Waals surface area contributed by atoms with E-state index in [1.165, 1.54) is 22.0 Å². The Morgan fingerprint density at radius 1 is 1.14 bits per heavy atom. The maximum absolute atomic E-state index is 12.9. The minimum Gasteiger partial charge on any atom is -0.341 e. The van der Waals surface area contributed by atoms with Crippen LogP contribution in [-0.4, -0.2) is 43.7 Å². The number of amides is 1. The largest absolute Gasteiger partial charge is 0.341 e. The van der Waals surface area contributed by atoms with Crippen molar-refractivity contribution in [3.8, 4) is 0 Å². The van der Waals surface area contributed by atoms with E-state index < -0.39 is 10.0 Å². The monoisotopic (exact) mass is 420 g/mol. The second-order valence-corrected chi connectivity index (χ2v) is 9.71. The fraction of sp³-hybridized carbons (Fsp3) is 0.381. The molecule has 0 spiro atoms. The number of rotatable bonds is 5. The molecule has 150 valence electrons. The van der Waals surface area contributed by atoms with Crippen molar-refractivity contribution in [3.05, 3.63) is 64.7 Å². The number of piperidine rings is 1. The van der Waals surface area contributed by atoms with Crippen LogP contribution in [0.25, 0.3) is 0 Å². The summed E-state index contributed by atoms with van der Waals surface area (Å²) in [5, 5.41) is 0.489. The van der Waals surface area contributed by atoms with E-state index in [2.05, 4.69) is 0 Å². The van der Waals surface area contributed by atoms with E-state index in [1.54, 1.807) is 24.1 Å². The molecule has 5 nitrogen and oxygen atoms in total. The second kappa shape index (κ2) is 8.64. The molecule has 0 aliphatic carbocycles. The van der Waals surface area contributed by atoms with Crippen LogP contribution in [0, 0.1) is 12.8 Å². The zero-order valence-corrected chi connectivity index (χ0v) is 17.7.